The third kappa shape index (κ3) is 29.1. The molecule has 2 saturated heterocycles. The predicted molar refractivity (Wildman–Crippen MR) is 307 cm³/mol. The van der Waals surface area contributed by atoms with E-state index in [-0.39, 0.29) is 61.7 Å². The zero-order valence-corrected chi connectivity index (χ0v) is 49.9. The fraction of sp³-hybridized carbons (Fsp3) is 0.679. The summed E-state index contributed by atoms with van der Waals surface area (Å²) in [6.45, 7) is 24.1. The molecule has 0 aliphatic carbocycles. The summed E-state index contributed by atoms with van der Waals surface area (Å²) in [5.74, 6) is -1.91. The molecule has 473 valence electrons. The van der Waals surface area contributed by atoms with E-state index in [1.807, 2.05) is 19.0 Å². The van der Waals surface area contributed by atoms with E-state index in [0.29, 0.717) is 70.3 Å². The minimum atomic E-state index is -1.47. The summed E-state index contributed by atoms with van der Waals surface area (Å²) in [6, 6.07) is 5.21. The van der Waals surface area contributed by atoms with Gasteiger partial charge in [0.15, 0.2) is 0 Å². The van der Waals surface area contributed by atoms with Crippen LogP contribution >= 0.6 is 0 Å². The van der Waals surface area contributed by atoms with Crippen LogP contribution in [0.2, 0.25) is 0 Å². The molecule has 2 aromatic rings. The number of urea groups is 1. The van der Waals surface area contributed by atoms with Crippen LogP contribution in [0.5, 0.6) is 0 Å². The van der Waals surface area contributed by atoms with Crippen molar-refractivity contribution >= 4 is 41.7 Å². The summed E-state index contributed by atoms with van der Waals surface area (Å²) in [7, 11) is 3.91. The summed E-state index contributed by atoms with van der Waals surface area (Å²) in [6.07, 6.45) is 10.6. The number of carbonyl (C=O) groups is 5. The zero-order chi connectivity index (χ0) is 58.8. The van der Waals surface area contributed by atoms with Gasteiger partial charge in [-0.1, -0.05) is 62.8 Å². The van der Waals surface area contributed by atoms with Gasteiger partial charge in [0.05, 0.1) is 0 Å². The first kappa shape index (κ1) is 72.1. The number of carboxylic acid groups (broad SMARTS) is 3. The van der Waals surface area contributed by atoms with E-state index in [4.69, 9.17) is 30.6 Å². The minimum Gasteiger partial charge on any atom is -0.481 e. The number of nitrogens with one attached hydrogen (secondary N) is 3. The molecule has 82 heavy (non-hydrogen) atoms. The number of carboxylic acids is 3. The number of amides is 3. The van der Waals surface area contributed by atoms with E-state index in [1.165, 1.54) is 31.6 Å². The first-order chi connectivity index (χ1) is 39.1. The Kier molecular flexibility index (Phi) is 36.8. The van der Waals surface area contributed by atoms with Crippen molar-refractivity contribution in [1.82, 2.24) is 55.4 Å². The number of hydrogen-bond donors (Lipinski definition) is 8. The molecule has 2 aliphatic heterocycles. The normalized spacial score (nSPS) is 17.2. The van der Waals surface area contributed by atoms with Gasteiger partial charge in [-0.25, -0.2) is 14.4 Å². The van der Waals surface area contributed by atoms with Crippen molar-refractivity contribution < 1.29 is 96.5 Å². The molecule has 1 aromatic heterocycles. The summed E-state index contributed by atoms with van der Waals surface area (Å²) >= 11 is 0. The Morgan fingerprint density at radius 3 is 1.77 bits per heavy atom. The van der Waals surface area contributed by atoms with Crippen molar-refractivity contribution in [3.05, 3.63) is 68.3 Å². The number of carbonyl (C=O) groups excluding carboxylic acids is 2. The average Bonchev–Trinajstić information content (AvgIpc) is 3.45. The van der Waals surface area contributed by atoms with Crippen LogP contribution in [0.1, 0.15) is 107 Å². The topological polar surface area (TPSA) is 302 Å². The van der Waals surface area contributed by atoms with E-state index < -0.39 is 42.4 Å². The third-order valence-electron chi connectivity index (χ3n) is 14.9. The number of nitrogens with zero attached hydrogens (tertiary/aromatic N) is 10. The predicted octanol–water partition coefficient (Wildman–Crippen LogP) is 3.62. The fourth-order valence-corrected chi connectivity index (χ4v) is 9.93. The molecular formula is C56H93LuN13O12-4. The molecule has 3 amide bonds. The Morgan fingerprint density at radius 2 is 1.21 bits per heavy atom. The van der Waals surface area contributed by atoms with Crippen molar-refractivity contribution in [1.29, 1.82) is 0 Å². The maximum Gasteiger partial charge on any atom is 0.326 e. The van der Waals surface area contributed by atoms with E-state index >= 15 is 0 Å². The van der Waals surface area contributed by atoms with Crippen LogP contribution < -0.4 is 25.8 Å². The molecule has 1 radical (unpaired) electrons. The Bertz CT molecular complexity index is 2130. The molecule has 26 heteroatoms. The smallest absolute Gasteiger partial charge is 0.326 e. The molecule has 0 saturated carbocycles. The van der Waals surface area contributed by atoms with Crippen LogP contribution in [-0.4, -0.2) is 239 Å². The van der Waals surface area contributed by atoms with Gasteiger partial charge in [-0.2, -0.15) is 28.2 Å². The number of anilines is 2. The molecule has 0 spiro atoms. The van der Waals surface area contributed by atoms with Crippen LogP contribution in [0.3, 0.4) is 0 Å². The number of unbranched alkanes of at least 4 members (excludes halogenated alkanes) is 8. The van der Waals surface area contributed by atoms with Gasteiger partial charge in [-0.15, -0.1) is 26.2 Å². The van der Waals surface area contributed by atoms with E-state index in [2.05, 4.69) is 93.2 Å². The SMILES string of the molecule is [CH2-]CN1CCN(C[CH-]OO)CCN(C[CH-]OO)CCN(C[CH2-])C(Cc2ccc(Cc3nc(N(C)C)nc(N4CCN(CCCCCCCCCCC(=O)NCCCC[C@H](NC(=O)N[C@@H](CCC(=O)O)C(=O)O)C(=O)O)CC4)n3)cc2)C1.[Lu]. The van der Waals surface area contributed by atoms with Crippen LogP contribution in [0.25, 0.3) is 0 Å². The fourth-order valence-electron chi connectivity index (χ4n) is 9.93. The van der Waals surface area contributed by atoms with Crippen LogP contribution in [0, 0.1) is 63.9 Å². The van der Waals surface area contributed by atoms with Crippen LogP contribution in [0.4, 0.5) is 16.7 Å². The van der Waals surface area contributed by atoms with E-state index in [9.17, 15) is 34.2 Å². The summed E-state index contributed by atoms with van der Waals surface area (Å²) < 4.78 is 0. The molecule has 25 nitrogen and oxygen atoms in total. The molecule has 4 rings (SSSR count). The second-order valence-corrected chi connectivity index (χ2v) is 21.2. The van der Waals surface area contributed by atoms with Gasteiger partial charge in [0.1, 0.15) is 17.9 Å². The second kappa shape index (κ2) is 41.8. The minimum absolute atomic E-state index is 0. The molecule has 1 aromatic carbocycles. The molecule has 8 N–H and O–H groups in total. The molecule has 0 bridgehead atoms. The Morgan fingerprint density at radius 1 is 0.659 bits per heavy atom. The molecule has 1 unspecified atom stereocenters. The summed E-state index contributed by atoms with van der Waals surface area (Å²) in [5, 5.41) is 52.7. The molecule has 2 fully saturated rings. The van der Waals surface area contributed by atoms with Crippen LogP contribution in [0.15, 0.2) is 24.3 Å². The molecule has 2 aliphatic rings. The maximum absolute atomic E-state index is 12.4. The zero-order valence-electron chi connectivity index (χ0n) is 48.3. The average molecular weight is 1320 g/mol. The number of benzene rings is 1. The van der Waals surface area contributed by atoms with E-state index in [0.717, 1.165) is 135 Å². The molecule has 3 atom stereocenters. The van der Waals surface area contributed by atoms with Gasteiger partial charge >= 0.3 is 23.9 Å². The molecular weight excluding hydrogens is 1220 g/mol. The van der Waals surface area contributed by atoms with Crippen molar-refractivity contribution in [3.63, 3.8) is 0 Å². The Hall–Kier alpha value is -4.15. The van der Waals surface area contributed by atoms with Gasteiger partial charge in [0.2, 0.25) is 17.8 Å². The first-order valence-corrected chi connectivity index (χ1v) is 28.8. The van der Waals surface area contributed by atoms with Crippen molar-refractivity contribution in [2.45, 2.75) is 121 Å². The molecule has 3 heterocycles. The second-order valence-electron chi connectivity index (χ2n) is 21.2. The maximum atomic E-state index is 12.4. The quantitative estimate of drug-likeness (QED) is 0.0207. The number of piperazine rings is 1. The van der Waals surface area contributed by atoms with Crippen LogP contribution in [-0.2, 0) is 41.8 Å². The number of rotatable bonds is 37. The van der Waals surface area contributed by atoms with Gasteiger partial charge < -0.3 is 84.3 Å². The van der Waals surface area contributed by atoms with Gasteiger partial charge in [-0.3, -0.25) is 25.0 Å². The summed E-state index contributed by atoms with van der Waals surface area (Å²) in [5.41, 5.74) is 2.35. The standard InChI is InChI=1S/C56H93N13O12.Lu/c1-5-64-27-28-66(37-39-80-78)29-30-67(38-40-81-79)31-34-68(6-2)46(43-64)41-44-19-21-45(22-20-44)42-49-60-54(63(3)4)62-55(61-49)69-35-32-65(33-36-69)26-16-12-10-8-7-9-11-13-18-50(70)57-25-15-14-17-47(52(73)74)58-56(77)59-48(53(75)76)23-24-51(71)72;/h19-22,39-40,46-48,78-79H,1-2,5-18,23-38,41-43H2,3-4H3,(H,57,70)(H,71,72)(H,73,74)(H,75,76)(H2,58,59,77);/q-4;/t46?,47-,48-;/m0./s1. The summed E-state index contributed by atoms with van der Waals surface area (Å²) in [4.78, 5) is 97.7. The Labute approximate surface area is 514 Å². The van der Waals surface area contributed by atoms with Crippen molar-refractivity contribution in [2.75, 3.05) is 135 Å². The number of aromatic nitrogens is 3. The van der Waals surface area contributed by atoms with E-state index in [1.54, 1.807) is 0 Å². The number of aliphatic carboxylic acids is 3. The number of hydrogen-bond acceptors (Lipinski definition) is 19. The van der Waals surface area contributed by atoms with Crippen molar-refractivity contribution in [2.24, 2.45) is 0 Å². The Balaban J connectivity index is 0.0000176. The van der Waals surface area contributed by atoms with Crippen molar-refractivity contribution in [3.8, 4) is 0 Å². The third-order valence-corrected chi connectivity index (χ3v) is 14.9. The largest absolute Gasteiger partial charge is 0.481 e. The van der Waals surface area contributed by atoms with Gasteiger partial charge in [0, 0.05) is 155 Å². The van der Waals surface area contributed by atoms with Gasteiger partial charge in [-0.05, 0) is 62.6 Å². The monoisotopic (exact) mass is 1310 g/mol. The van der Waals surface area contributed by atoms with Gasteiger partial charge in [0.25, 0.3) is 0 Å². The first-order valence-electron chi connectivity index (χ1n) is 28.8.